The van der Waals surface area contributed by atoms with E-state index in [9.17, 15) is 4.79 Å². The van der Waals surface area contributed by atoms with E-state index in [0.717, 1.165) is 11.1 Å². The minimum absolute atomic E-state index is 0.115. The minimum atomic E-state index is -0.828. The second-order valence-corrected chi connectivity index (χ2v) is 6.88. The number of carbonyl (C=O) groups excluding carboxylic acids is 1. The van der Waals surface area contributed by atoms with Gasteiger partial charge < -0.3 is 4.74 Å². The van der Waals surface area contributed by atoms with Crippen molar-refractivity contribution in [2.75, 3.05) is 5.88 Å². The SMILES string of the molecule is Cc1cc(OC(C(=O)C(C)(C)CCl)n2ccnc2)cc(C)c1Cl. The fraction of sp³-hybridized carbons (Fsp3) is 0.412. The van der Waals surface area contributed by atoms with Crippen molar-refractivity contribution in [2.45, 2.75) is 33.9 Å². The van der Waals surface area contributed by atoms with Gasteiger partial charge in [0.05, 0.1) is 6.33 Å². The van der Waals surface area contributed by atoms with Crippen LogP contribution in [0.1, 0.15) is 31.2 Å². The normalized spacial score (nSPS) is 13.0. The summed E-state index contributed by atoms with van der Waals surface area (Å²) in [6, 6.07) is 3.64. The van der Waals surface area contributed by atoms with Gasteiger partial charge in [-0.25, -0.2) is 4.98 Å². The standard InChI is InChI=1S/C17H20Cl2N2O2/c1-11-7-13(8-12(2)14(11)19)23-16(21-6-5-20-10-21)15(22)17(3,4)9-18/h5-8,10,16H,9H2,1-4H3. The Hall–Kier alpha value is -1.52. The lowest BCUT2D eigenvalue weighted by Gasteiger charge is -2.27. The molecule has 0 radical (unpaired) electrons. The molecule has 1 aromatic heterocycles. The predicted molar refractivity (Wildman–Crippen MR) is 92.3 cm³/mol. The Bertz CT molecular complexity index is 674. The number of halogens is 2. The molecule has 124 valence electrons. The van der Waals surface area contributed by atoms with E-state index in [-0.39, 0.29) is 11.7 Å². The zero-order valence-corrected chi connectivity index (χ0v) is 15.1. The smallest absolute Gasteiger partial charge is 0.236 e. The maximum absolute atomic E-state index is 12.9. The maximum Gasteiger partial charge on any atom is 0.236 e. The Balaban J connectivity index is 2.38. The molecular formula is C17H20Cl2N2O2. The third kappa shape index (κ3) is 3.88. The maximum atomic E-state index is 12.9. The average molecular weight is 355 g/mol. The molecule has 1 heterocycles. The molecule has 6 heteroatoms. The van der Waals surface area contributed by atoms with Crippen LogP contribution < -0.4 is 4.74 Å². The zero-order chi connectivity index (χ0) is 17.2. The number of aromatic nitrogens is 2. The summed E-state index contributed by atoms with van der Waals surface area (Å²) >= 11 is 12.1. The van der Waals surface area contributed by atoms with Crippen molar-refractivity contribution >= 4 is 29.0 Å². The highest BCUT2D eigenvalue weighted by Gasteiger charge is 2.35. The van der Waals surface area contributed by atoms with Crippen molar-refractivity contribution in [3.8, 4) is 5.75 Å². The summed E-state index contributed by atoms with van der Waals surface area (Å²) in [6.45, 7) is 7.40. The van der Waals surface area contributed by atoms with Crippen LogP contribution in [0.3, 0.4) is 0 Å². The van der Waals surface area contributed by atoms with E-state index in [4.69, 9.17) is 27.9 Å². The third-order valence-electron chi connectivity index (χ3n) is 3.68. The van der Waals surface area contributed by atoms with Gasteiger partial charge in [-0.1, -0.05) is 25.4 Å². The van der Waals surface area contributed by atoms with Gasteiger partial charge in [0.1, 0.15) is 5.75 Å². The van der Waals surface area contributed by atoms with Crippen molar-refractivity contribution in [1.29, 1.82) is 0 Å². The number of imidazole rings is 1. The first-order valence-corrected chi connectivity index (χ1v) is 8.18. The van der Waals surface area contributed by atoms with Crippen LogP contribution in [0.2, 0.25) is 5.02 Å². The Morgan fingerprint density at radius 1 is 1.35 bits per heavy atom. The molecule has 0 bridgehead atoms. The summed E-state index contributed by atoms with van der Waals surface area (Å²) in [7, 11) is 0. The van der Waals surface area contributed by atoms with Gasteiger partial charge in [0, 0.05) is 28.7 Å². The van der Waals surface area contributed by atoms with E-state index in [0.29, 0.717) is 10.8 Å². The number of Topliss-reactive ketones (excluding diaryl/α,β-unsaturated/α-hetero) is 1. The number of carbonyl (C=O) groups is 1. The molecule has 0 fully saturated rings. The average Bonchev–Trinajstić information content (AvgIpc) is 3.03. The molecular weight excluding hydrogens is 335 g/mol. The van der Waals surface area contributed by atoms with Crippen LogP contribution in [0.15, 0.2) is 30.9 Å². The molecule has 1 atom stereocenters. The van der Waals surface area contributed by atoms with Crippen molar-refractivity contribution in [3.05, 3.63) is 47.0 Å². The second kappa shape index (κ2) is 6.93. The molecule has 0 aliphatic carbocycles. The number of hydrogen-bond donors (Lipinski definition) is 0. The van der Waals surface area contributed by atoms with Crippen molar-refractivity contribution in [1.82, 2.24) is 9.55 Å². The summed E-state index contributed by atoms with van der Waals surface area (Å²) in [5, 5.41) is 0.698. The topological polar surface area (TPSA) is 44.1 Å². The summed E-state index contributed by atoms with van der Waals surface area (Å²) in [6.07, 6.45) is 4.03. The van der Waals surface area contributed by atoms with Crippen molar-refractivity contribution in [3.63, 3.8) is 0 Å². The van der Waals surface area contributed by atoms with Gasteiger partial charge in [0.25, 0.3) is 0 Å². The molecule has 0 saturated carbocycles. The molecule has 0 amide bonds. The summed E-state index contributed by atoms with van der Waals surface area (Å²) in [4.78, 5) is 16.9. The van der Waals surface area contributed by atoms with Gasteiger partial charge >= 0.3 is 0 Å². The van der Waals surface area contributed by atoms with Gasteiger partial charge in [0.2, 0.25) is 12.0 Å². The number of ketones is 1. The van der Waals surface area contributed by atoms with Crippen LogP contribution in [0, 0.1) is 19.3 Å². The molecule has 0 aliphatic heterocycles. The first kappa shape index (κ1) is 17.8. The summed E-state index contributed by atoms with van der Waals surface area (Å²) < 4.78 is 7.62. The Kier molecular flexibility index (Phi) is 5.37. The molecule has 4 nitrogen and oxygen atoms in total. The molecule has 0 spiro atoms. The molecule has 0 aliphatic rings. The van der Waals surface area contributed by atoms with Gasteiger partial charge in [-0.05, 0) is 37.1 Å². The summed E-state index contributed by atoms with van der Waals surface area (Å²) in [5.74, 6) is 0.677. The Morgan fingerprint density at radius 3 is 2.43 bits per heavy atom. The fourth-order valence-corrected chi connectivity index (χ4v) is 2.40. The fourth-order valence-electron chi connectivity index (χ4n) is 2.16. The molecule has 0 N–H and O–H groups in total. The van der Waals surface area contributed by atoms with Gasteiger partial charge in [-0.15, -0.1) is 11.6 Å². The molecule has 2 aromatic rings. The lowest BCUT2D eigenvalue weighted by molar-refractivity contribution is -0.137. The highest BCUT2D eigenvalue weighted by atomic mass is 35.5. The summed E-state index contributed by atoms with van der Waals surface area (Å²) in [5.41, 5.74) is 1.08. The minimum Gasteiger partial charge on any atom is -0.463 e. The van der Waals surface area contributed by atoms with E-state index >= 15 is 0 Å². The number of aryl methyl sites for hydroxylation is 2. The van der Waals surface area contributed by atoms with E-state index in [1.54, 1.807) is 37.1 Å². The van der Waals surface area contributed by atoms with Crippen LogP contribution in [0.4, 0.5) is 0 Å². The van der Waals surface area contributed by atoms with Crippen LogP contribution in [0.25, 0.3) is 0 Å². The van der Waals surface area contributed by atoms with Gasteiger partial charge in [-0.3, -0.25) is 9.36 Å². The lowest BCUT2D eigenvalue weighted by atomic mass is 9.89. The number of ether oxygens (including phenoxy) is 1. The van der Waals surface area contributed by atoms with E-state index in [2.05, 4.69) is 4.98 Å². The lowest BCUT2D eigenvalue weighted by Crippen LogP contribution is -2.36. The number of nitrogens with zero attached hydrogens (tertiary/aromatic N) is 2. The zero-order valence-electron chi connectivity index (χ0n) is 13.6. The molecule has 23 heavy (non-hydrogen) atoms. The molecule has 0 saturated heterocycles. The van der Waals surface area contributed by atoms with E-state index < -0.39 is 11.6 Å². The second-order valence-electron chi connectivity index (χ2n) is 6.23. The Morgan fingerprint density at radius 2 is 1.96 bits per heavy atom. The first-order valence-electron chi connectivity index (χ1n) is 7.27. The van der Waals surface area contributed by atoms with Crippen molar-refractivity contribution < 1.29 is 9.53 Å². The first-order chi connectivity index (χ1) is 10.8. The predicted octanol–water partition coefficient (Wildman–Crippen LogP) is 4.57. The van der Waals surface area contributed by atoms with Gasteiger partial charge in [0.15, 0.2) is 0 Å². The number of alkyl halides is 1. The highest BCUT2D eigenvalue weighted by Crippen LogP contribution is 2.31. The molecule has 1 unspecified atom stereocenters. The monoisotopic (exact) mass is 354 g/mol. The number of rotatable bonds is 6. The van der Waals surface area contributed by atoms with Crippen molar-refractivity contribution in [2.24, 2.45) is 5.41 Å². The number of hydrogen-bond acceptors (Lipinski definition) is 3. The molecule has 1 aromatic carbocycles. The van der Waals surface area contributed by atoms with E-state index in [1.165, 1.54) is 0 Å². The third-order valence-corrected chi connectivity index (χ3v) is 4.94. The van der Waals surface area contributed by atoms with Gasteiger partial charge in [-0.2, -0.15) is 0 Å². The quantitative estimate of drug-likeness (QED) is 0.714. The Labute approximate surface area is 146 Å². The van der Waals surface area contributed by atoms with Crippen LogP contribution >= 0.6 is 23.2 Å². The largest absolute Gasteiger partial charge is 0.463 e. The van der Waals surface area contributed by atoms with E-state index in [1.807, 2.05) is 26.0 Å². The molecule has 2 rings (SSSR count). The number of benzene rings is 1. The van der Waals surface area contributed by atoms with Crippen LogP contribution in [-0.4, -0.2) is 21.2 Å². The van der Waals surface area contributed by atoms with Crippen LogP contribution in [-0.2, 0) is 4.79 Å². The van der Waals surface area contributed by atoms with Crippen LogP contribution in [0.5, 0.6) is 5.75 Å². The highest BCUT2D eigenvalue weighted by molar-refractivity contribution is 6.32.